The van der Waals surface area contributed by atoms with Crippen LogP contribution in [0.3, 0.4) is 0 Å². The van der Waals surface area contributed by atoms with Gasteiger partial charge in [-0.3, -0.25) is 4.90 Å². The van der Waals surface area contributed by atoms with E-state index in [0.717, 1.165) is 25.2 Å². The molecule has 1 aromatic rings. The zero-order valence-corrected chi connectivity index (χ0v) is 10.8. The van der Waals surface area contributed by atoms with E-state index in [4.69, 9.17) is 0 Å². The summed E-state index contributed by atoms with van der Waals surface area (Å²) in [5.74, 6) is 0.400. The molecular formula is C11H16INO. The highest BCUT2D eigenvalue weighted by molar-refractivity contribution is 14.1. The van der Waals surface area contributed by atoms with Gasteiger partial charge < -0.3 is 5.11 Å². The van der Waals surface area contributed by atoms with Gasteiger partial charge in [0.15, 0.2) is 0 Å². The summed E-state index contributed by atoms with van der Waals surface area (Å²) in [6.07, 6.45) is 0. The molecule has 1 N–H and O–H groups in total. The van der Waals surface area contributed by atoms with Crippen LogP contribution in [0, 0.1) is 3.57 Å². The number of rotatable bonds is 4. The van der Waals surface area contributed by atoms with Crippen LogP contribution >= 0.6 is 22.6 Å². The highest BCUT2D eigenvalue weighted by Gasteiger charge is 2.05. The van der Waals surface area contributed by atoms with Gasteiger partial charge in [-0.1, -0.05) is 13.8 Å². The lowest BCUT2D eigenvalue weighted by Crippen LogP contribution is -2.22. The maximum absolute atomic E-state index is 9.64. The predicted molar refractivity (Wildman–Crippen MR) is 67.4 cm³/mol. The van der Waals surface area contributed by atoms with Crippen LogP contribution in [0.1, 0.15) is 19.4 Å². The fourth-order valence-corrected chi connectivity index (χ4v) is 1.92. The van der Waals surface area contributed by atoms with Gasteiger partial charge in [-0.2, -0.15) is 0 Å². The summed E-state index contributed by atoms with van der Waals surface area (Å²) < 4.78 is 1.17. The number of hydrogen-bond donors (Lipinski definition) is 1. The van der Waals surface area contributed by atoms with Crippen molar-refractivity contribution in [3.05, 3.63) is 27.3 Å². The molecular weight excluding hydrogens is 289 g/mol. The molecule has 0 radical (unpaired) electrons. The van der Waals surface area contributed by atoms with E-state index in [9.17, 15) is 5.11 Å². The van der Waals surface area contributed by atoms with E-state index in [0.29, 0.717) is 5.75 Å². The summed E-state index contributed by atoms with van der Waals surface area (Å²) in [4.78, 5) is 2.28. The monoisotopic (exact) mass is 305 g/mol. The van der Waals surface area contributed by atoms with E-state index in [1.54, 1.807) is 6.07 Å². The molecule has 1 rings (SSSR count). The van der Waals surface area contributed by atoms with Crippen LogP contribution in [0.5, 0.6) is 5.75 Å². The van der Waals surface area contributed by atoms with E-state index in [1.807, 2.05) is 12.1 Å². The number of phenols is 1. The Labute approximate surface area is 99.1 Å². The molecule has 14 heavy (non-hydrogen) atoms. The molecule has 0 bridgehead atoms. The van der Waals surface area contributed by atoms with Gasteiger partial charge in [-0.15, -0.1) is 0 Å². The van der Waals surface area contributed by atoms with Crippen LogP contribution in [-0.2, 0) is 6.54 Å². The van der Waals surface area contributed by atoms with E-state index in [-0.39, 0.29) is 0 Å². The van der Waals surface area contributed by atoms with Crippen LogP contribution in [0.2, 0.25) is 0 Å². The Balaban J connectivity index is 2.79. The standard InChI is InChI=1S/C11H16INO/c1-3-13(4-2)8-9-7-10(12)5-6-11(9)14/h5-7,14H,3-4,8H2,1-2H3. The molecule has 0 saturated carbocycles. The summed E-state index contributed by atoms with van der Waals surface area (Å²) in [7, 11) is 0. The minimum absolute atomic E-state index is 0.400. The molecule has 3 heteroatoms. The average Bonchev–Trinajstić information content (AvgIpc) is 2.19. The Kier molecular flexibility index (Phi) is 4.68. The number of nitrogens with zero attached hydrogens (tertiary/aromatic N) is 1. The molecule has 0 aliphatic carbocycles. The lowest BCUT2D eigenvalue weighted by molar-refractivity contribution is 0.291. The molecule has 0 aliphatic heterocycles. The van der Waals surface area contributed by atoms with Gasteiger partial charge in [-0.05, 0) is 53.9 Å². The molecule has 0 fully saturated rings. The minimum Gasteiger partial charge on any atom is -0.508 e. The topological polar surface area (TPSA) is 23.5 Å². The Hall–Kier alpha value is -0.290. The van der Waals surface area contributed by atoms with Crippen LogP contribution in [0.25, 0.3) is 0 Å². The van der Waals surface area contributed by atoms with Crippen LogP contribution in [0.4, 0.5) is 0 Å². The second kappa shape index (κ2) is 5.56. The van der Waals surface area contributed by atoms with Gasteiger partial charge in [0, 0.05) is 15.7 Å². The smallest absolute Gasteiger partial charge is 0.120 e. The van der Waals surface area contributed by atoms with Crippen molar-refractivity contribution in [3.8, 4) is 5.75 Å². The molecule has 0 aliphatic rings. The van der Waals surface area contributed by atoms with Crippen molar-refractivity contribution in [2.75, 3.05) is 13.1 Å². The molecule has 0 saturated heterocycles. The SMILES string of the molecule is CCN(CC)Cc1cc(I)ccc1O. The van der Waals surface area contributed by atoms with Crippen LogP contribution in [0.15, 0.2) is 18.2 Å². The molecule has 0 heterocycles. The molecule has 2 nitrogen and oxygen atoms in total. The van der Waals surface area contributed by atoms with E-state index >= 15 is 0 Å². The predicted octanol–water partition coefficient (Wildman–Crippen LogP) is 2.84. The number of aromatic hydroxyl groups is 1. The lowest BCUT2D eigenvalue weighted by Gasteiger charge is -2.18. The zero-order chi connectivity index (χ0) is 10.6. The fraction of sp³-hybridized carbons (Fsp3) is 0.455. The lowest BCUT2D eigenvalue weighted by atomic mass is 10.2. The fourth-order valence-electron chi connectivity index (χ4n) is 1.37. The zero-order valence-electron chi connectivity index (χ0n) is 8.63. The summed E-state index contributed by atoms with van der Waals surface area (Å²) in [5, 5.41) is 9.64. The van der Waals surface area contributed by atoms with Gasteiger partial charge in [0.2, 0.25) is 0 Å². The first-order chi connectivity index (χ1) is 6.67. The first-order valence-corrected chi connectivity index (χ1v) is 5.95. The minimum atomic E-state index is 0.400. The van der Waals surface area contributed by atoms with Crippen molar-refractivity contribution >= 4 is 22.6 Å². The number of hydrogen-bond acceptors (Lipinski definition) is 2. The highest BCUT2D eigenvalue weighted by Crippen LogP contribution is 2.21. The Morgan fingerprint density at radius 2 is 1.93 bits per heavy atom. The summed E-state index contributed by atoms with van der Waals surface area (Å²) in [6.45, 7) is 7.13. The number of halogens is 1. The summed E-state index contributed by atoms with van der Waals surface area (Å²) in [6, 6.07) is 5.72. The number of benzene rings is 1. The van der Waals surface area contributed by atoms with E-state index in [2.05, 4.69) is 41.3 Å². The molecule has 1 aromatic carbocycles. The van der Waals surface area contributed by atoms with Gasteiger partial charge in [-0.25, -0.2) is 0 Å². The first-order valence-electron chi connectivity index (χ1n) is 4.87. The van der Waals surface area contributed by atoms with Gasteiger partial charge in [0.05, 0.1) is 0 Å². The van der Waals surface area contributed by atoms with Crippen LogP contribution in [-0.4, -0.2) is 23.1 Å². The largest absolute Gasteiger partial charge is 0.508 e. The normalized spacial score (nSPS) is 10.9. The maximum Gasteiger partial charge on any atom is 0.120 e. The van der Waals surface area contributed by atoms with Crippen molar-refractivity contribution in [2.24, 2.45) is 0 Å². The summed E-state index contributed by atoms with van der Waals surface area (Å²) >= 11 is 2.26. The Morgan fingerprint density at radius 1 is 1.29 bits per heavy atom. The second-order valence-corrected chi connectivity index (χ2v) is 4.48. The first kappa shape index (κ1) is 11.8. The highest BCUT2D eigenvalue weighted by atomic mass is 127. The second-order valence-electron chi connectivity index (χ2n) is 3.23. The van der Waals surface area contributed by atoms with Crippen molar-refractivity contribution in [1.82, 2.24) is 4.90 Å². The van der Waals surface area contributed by atoms with Crippen molar-refractivity contribution < 1.29 is 5.11 Å². The van der Waals surface area contributed by atoms with Crippen LogP contribution < -0.4 is 0 Å². The third-order valence-corrected chi connectivity index (χ3v) is 3.00. The third-order valence-electron chi connectivity index (χ3n) is 2.33. The maximum atomic E-state index is 9.64. The van der Waals surface area contributed by atoms with Gasteiger partial charge >= 0.3 is 0 Å². The van der Waals surface area contributed by atoms with E-state index in [1.165, 1.54) is 3.57 Å². The average molecular weight is 305 g/mol. The third kappa shape index (κ3) is 3.13. The Morgan fingerprint density at radius 3 is 2.50 bits per heavy atom. The summed E-state index contributed by atoms with van der Waals surface area (Å²) in [5.41, 5.74) is 1.01. The number of phenolic OH excluding ortho intramolecular Hbond substituents is 1. The molecule has 0 aromatic heterocycles. The molecule has 0 unspecified atom stereocenters. The van der Waals surface area contributed by atoms with Crippen molar-refractivity contribution in [1.29, 1.82) is 0 Å². The molecule has 0 amide bonds. The quantitative estimate of drug-likeness (QED) is 0.865. The van der Waals surface area contributed by atoms with Crippen molar-refractivity contribution in [2.45, 2.75) is 20.4 Å². The molecule has 78 valence electrons. The molecule has 0 spiro atoms. The van der Waals surface area contributed by atoms with E-state index < -0.39 is 0 Å². The Bertz CT molecular complexity index is 297. The van der Waals surface area contributed by atoms with Gasteiger partial charge in [0.1, 0.15) is 5.75 Å². The van der Waals surface area contributed by atoms with Crippen molar-refractivity contribution in [3.63, 3.8) is 0 Å². The molecule has 0 atom stereocenters. The van der Waals surface area contributed by atoms with Gasteiger partial charge in [0.25, 0.3) is 0 Å².